The minimum Gasteiger partial charge on any atom is -0.497 e. The Hall–Kier alpha value is -2.73. The van der Waals surface area contributed by atoms with Crippen molar-refractivity contribution < 1.29 is 19.1 Å². The number of amides is 2. The summed E-state index contributed by atoms with van der Waals surface area (Å²) in [5, 5.41) is 3.35. The van der Waals surface area contributed by atoms with Crippen molar-refractivity contribution in [1.82, 2.24) is 10.2 Å². The van der Waals surface area contributed by atoms with E-state index in [4.69, 9.17) is 21.1 Å². The maximum absolute atomic E-state index is 13.0. The molecule has 0 aromatic heterocycles. The van der Waals surface area contributed by atoms with Gasteiger partial charge < -0.3 is 19.7 Å². The highest BCUT2D eigenvalue weighted by atomic mass is 35.5. The van der Waals surface area contributed by atoms with Crippen molar-refractivity contribution in [2.45, 2.75) is 45.8 Å². The summed E-state index contributed by atoms with van der Waals surface area (Å²) in [6.45, 7) is 7.42. The lowest BCUT2D eigenvalue weighted by molar-refractivity contribution is -0.142. The molecule has 0 aliphatic rings. The Morgan fingerprint density at radius 1 is 1.10 bits per heavy atom. The summed E-state index contributed by atoms with van der Waals surface area (Å²) in [4.78, 5) is 27.3. The van der Waals surface area contributed by atoms with Gasteiger partial charge in [0.15, 0.2) is 6.61 Å². The molecule has 0 spiro atoms. The first-order chi connectivity index (χ1) is 14.1. The molecule has 0 aliphatic carbocycles. The van der Waals surface area contributed by atoms with E-state index in [1.165, 1.54) is 4.90 Å². The van der Waals surface area contributed by atoms with Crippen molar-refractivity contribution in [1.29, 1.82) is 0 Å². The fourth-order valence-corrected chi connectivity index (χ4v) is 2.96. The van der Waals surface area contributed by atoms with Gasteiger partial charge in [0, 0.05) is 12.1 Å². The molecular formula is C23H29ClN2O4. The molecule has 30 heavy (non-hydrogen) atoms. The molecular weight excluding hydrogens is 404 g/mol. The number of rotatable bonds is 8. The van der Waals surface area contributed by atoms with Gasteiger partial charge in [-0.1, -0.05) is 35.9 Å². The Morgan fingerprint density at radius 3 is 2.30 bits per heavy atom. The van der Waals surface area contributed by atoms with Crippen LogP contribution in [-0.2, 0) is 16.1 Å². The number of ether oxygens (including phenoxy) is 2. The average molecular weight is 433 g/mol. The first kappa shape index (κ1) is 23.5. The second kappa shape index (κ2) is 10.3. The molecule has 1 N–H and O–H groups in total. The number of hydrogen-bond acceptors (Lipinski definition) is 4. The lowest BCUT2D eigenvalue weighted by atomic mass is 10.1. The van der Waals surface area contributed by atoms with Gasteiger partial charge in [-0.15, -0.1) is 0 Å². The molecule has 0 aliphatic heterocycles. The van der Waals surface area contributed by atoms with Crippen LogP contribution in [0.2, 0.25) is 5.02 Å². The lowest BCUT2D eigenvalue weighted by Gasteiger charge is -2.31. The fourth-order valence-electron chi connectivity index (χ4n) is 2.77. The third-order valence-electron chi connectivity index (χ3n) is 4.37. The first-order valence-corrected chi connectivity index (χ1v) is 10.1. The van der Waals surface area contributed by atoms with Crippen LogP contribution in [0.4, 0.5) is 0 Å². The second-order valence-electron chi connectivity index (χ2n) is 8.00. The molecule has 7 heteroatoms. The quantitative estimate of drug-likeness (QED) is 0.683. The number of benzene rings is 2. The normalized spacial score (nSPS) is 12.1. The average Bonchev–Trinajstić information content (AvgIpc) is 2.70. The topological polar surface area (TPSA) is 67.9 Å². The first-order valence-electron chi connectivity index (χ1n) is 9.72. The lowest BCUT2D eigenvalue weighted by Crippen LogP contribution is -2.53. The molecule has 0 heterocycles. The molecule has 2 aromatic rings. The zero-order chi connectivity index (χ0) is 22.3. The Kier molecular flexibility index (Phi) is 8.12. The van der Waals surface area contributed by atoms with Crippen LogP contribution in [-0.4, -0.2) is 42.0 Å². The van der Waals surface area contributed by atoms with Crippen molar-refractivity contribution in [3.8, 4) is 11.5 Å². The zero-order valence-corrected chi connectivity index (χ0v) is 18.8. The highest BCUT2D eigenvalue weighted by Gasteiger charge is 2.28. The molecule has 2 aromatic carbocycles. The van der Waals surface area contributed by atoms with E-state index in [2.05, 4.69) is 5.32 Å². The molecule has 0 unspecified atom stereocenters. The van der Waals surface area contributed by atoms with Gasteiger partial charge >= 0.3 is 0 Å². The Labute approximate surface area is 183 Å². The highest BCUT2D eigenvalue weighted by molar-refractivity contribution is 6.32. The van der Waals surface area contributed by atoms with Gasteiger partial charge in [0.25, 0.3) is 5.91 Å². The maximum atomic E-state index is 13.0. The van der Waals surface area contributed by atoms with Crippen molar-refractivity contribution in [2.75, 3.05) is 13.7 Å². The Morgan fingerprint density at radius 2 is 1.73 bits per heavy atom. The number of para-hydroxylation sites is 1. The maximum Gasteiger partial charge on any atom is 0.261 e. The van der Waals surface area contributed by atoms with Crippen molar-refractivity contribution in [2.24, 2.45) is 0 Å². The van der Waals surface area contributed by atoms with Crippen LogP contribution in [0.3, 0.4) is 0 Å². The fraction of sp³-hybridized carbons (Fsp3) is 0.391. The molecule has 0 radical (unpaired) electrons. The predicted molar refractivity (Wildman–Crippen MR) is 118 cm³/mol. The monoisotopic (exact) mass is 432 g/mol. The summed E-state index contributed by atoms with van der Waals surface area (Å²) in [7, 11) is 1.59. The van der Waals surface area contributed by atoms with Crippen LogP contribution >= 0.6 is 11.6 Å². The minimum atomic E-state index is -0.686. The van der Waals surface area contributed by atoms with Crippen molar-refractivity contribution in [3.05, 3.63) is 59.1 Å². The molecule has 2 amide bonds. The second-order valence-corrected chi connectivity index (χ2v) is 8.41. The highest BCUT2D eigenvalue weighted by Crippen LogP contribution is 2.23. The summed E-state index contributed by atoms with van der Waals surface area (Å²) in [6.07, 6.45) is 0. The number of halogens is 1. The minimum absolute atomic E-state index is 0.229. The van der Waals surface area contributed by atoms with Gasteiger partial charge in [0.05, 0.1) is 12.1 Å². The van der Waals surface area contributed by atoms with E-state index in [-0.39, 0.29) is 25.0 Å². The van der Waals surface area contributed by atoms with Crippen LogP contribution in [0.1, 0.15) is 33.3 Å². The van der Waals surface area contributed by atoms with E-state index < -0.39 is 11.6 Å². The molecule has 2 rings (SSSR count). The number of nitrogens with zero attached hydrogens (tertiary/aromatic N) is 1. The summed E-state index contributed by atoms with van der Waals surface area (Å²) in [6, 6.07) is 13.6. The Bertz CT molecular complexity index is 862. The molecule has 1 atom stereocenters. The van der Waals surface area contributed by atoms with E-state index >= 15 is 0 Å². The van der Waals surface area contributed by atoms with E-state index in [9.17, 15) is 9.59 Å². The van der Waals surface area contributed by atoms with E-state index in [0.29, 0.717) is 10.8 Å². The number of nitrogens with one attached hydrogen (secondary N) is 1. The van der Waals surface area contributed by atoms with Crippen LogP contribution < -0.4 is 14.8 Å². The predicted octanol–water partition coefficient (Wildman–Crippen LogP) is 4.06. The van der Waals surface area contributed by atoms with E-state index in [0.717, 1.165) is 11.3 Å². The number of hydrogen-bond donors (Lipinski definition) is 1. The van der Waals surface area contributed by atoms with Crippen LogP contribution in [0, 0.1) is 0 Å². The van der Waals surface area contributed by atoms with Gasteiger partial charge in [0.2, 0.25) is 5.91 Å². The van der Waals surface area contributed by atoms with Gasteiger partial charge in [-0.2, -0.15) is 0 Å². The molecule has 162 valence electrons. The molecule has 0 saturated carbocycles. The molecule has 6 nitrogen and oxygen atoms in total. The molecule has 0 fully saturated rings. The summed E-state index contributed by atoms with van der Waals surface area (Å²) >= 11 is 6.11. The zero-order valence-electron chi connectivity index (χ0n) is 18.1. The SMILES string of the molecule is COc1ccc(CN(C(=O)COc2ccccc2Cl)[C@@H](C)C(=O)NC(C)(C)C)cc1. The largest absolute Gasteiger partial charge is 0.497 e. The van der Waals surface area contributed by atoms with Crippen LogP contribution in [0.25, 0.3) is 0 Å². The van der Waals surface area contributed by atoms with E-state index in [1.807, 2.05) is 45.0 Å². The summed E-state index contributed by atoms with van der Waals surface area (Å²) < 4.78 is 10.8. The van der Waals surface area contributed by atoms with Crippen molar-refractivity contribution >= 4 is 23.4 Å². The summed E-state index contributed by atoms with van der Waals surface area (Å²) in [5.41, 5.74) is 0.464. The number of carbonyl (C=O) groups excluding carboxylic acids is 2. The summed E-state index contributed by atoms with van der Waals surface area (Å²) in [5.74, 6) is 0.588. The molecule has 0 bridgehead atoms. The smallest absolute Gasteiger partial charge is 0.261 e. The van der Waals surface area contributed by atoms with Gasteiger partial charge in [-0.05, 0) is 57.5 Å². The van der Waals surface area contributed by atoms with Gasteiger partial charge in [0.1, 0.15) is 17.5 Å². The third-order valence-corrected chi connectivity index (χ3v) is 4.68. The van der Waals surface area contributed by atoms with E-state index in [1.54, 1.807) is 38.3 Å². The van der Waals surface area contributed by atoms with Crippen LogP contribution in [0.15, 0.2) is 48.5 Å². The van der Waals surface area contributed by atoms with Gasteiger partial charge in [-0.3, -0.25) is 9.59 Å². The van der Waals surface area contributed by atoms with Gasteiger partial charge in [-0.25, -0.2) is 0 Å². The van der Waals surface area contributed by atoms with Crippen molar-refractivity contribution in [3.63, 3.8) is 0 Å². The standard InChI is InChI=1S/C23H29ClN2O4/c1-16(22(28)25-23(2,3)4)26(14-17-10-12-18(29-5)13-11-17)21(27)15-30-20-9-7-6-8-19(20)24/h6-13,16H,14-15H2,1-5H3,(H,25,28)/t16-/m0/s1. The number of methoxy groups -OCH3 is 1. The third kappa shape index (κ3) is 6.95. The number of carbonyl (C=O) groups is 2. The van der Waals surface area contributed by atoms with Crippen LogP contribution in [0.5, 0.6) is 11.5 Å². The molecule has 0 saturated heterocycles. The Balaban J connectivity index is 2.18.